The van der Waals surface area contributed by atoms with Gasteiger partial charge in [-0.15, -0.1) is 10.2 Å². The van der Waals surface area contributed by atoms with Crippen LogP contribution in [0.25, 0.3) is 26.9 Å². The van der Waals surface area contributed by atoms with Crippen molar-refractivity contribution in [3.05, 3.63) is 53.1 Å². The highest BCUT2D eigenvalue weighted by molar-refractivity contribution is 7.18. The molecule has 0 saturated carbocycles. The number of nitrogens with zero attached hydrogens (tertiary/aromatic N) is 4. The Morgan fingerprint density at radius 1 is 1.25 bits per heavy atom. The van der Waals surface area contributed by atoms with Crippen LogP contribution in [-0.4, -0.2) is 43.9 Å². The van der Waals surface area contributed by atoms with Crippen LogP contribution in [0.15, 0.2) is 36.7 Å². The summed E-state index contributed by atoms with van der Waals surface area (Å²) in [6.07, 6.45) is 2.87. The van der Waals surface area contributed by atoms with Gasteiger partial charge in [0.05, 0.1) is 17.7 Å². The SMILES string of the molecule is CC(F)(F)c1ccc2nc(-c3nnc(-c4cc(F)c(OC[C@@H](N)CO)cc4Cl)s3)cn2c1. The zero-order chi connectivity index (χ0) is 23.0. The molecule has 4 rings (SSSR count). The lowest BCUT2D eigenvalue weighted by molar-refractivity contribution is 0.0170. The molecule has 32 heavy (non-hydrogen) atoms. The molecule has 12 heteroatoms. The smallest absolute Gasteiger partial charge is 0.271 e. The van der Waals surface area contributed by atoms with Crippen LogP contribution in [0, 0.1) is 5.82 Å². The van der Waals surface area contributed by atoms with Gasteiger partial charge in [-0.3, -0.25) is 0 Å². The van der Waals surface area contributed by atoms with Crippen molar-refractivity contribution in [2.45, 2.75) is 18.9 Å². The van der Waals surface area contributed by atoms with Crippen LogP contribution >= 0.6 is 22.9 Å². The molecule has 0 saturated heterocycles. The Labute approximate surface area is 189 Å². The van der Waals surface area contributed by atoms with E-state index in [-0.39, 0.29) is 29.5 Å². The number of pyridine rings is 1. The van der Waals surface area contributed by atoms with Crippen LogP contribution < -0.4 is 10.5 Å². The molecular formula is C20H17ClF3N5O2S. The van der Waals surface area contributed by atoms with Crippen LogP contribution in [0.4, 0.5) is 13.2 Å². The van der Waals surface area contributed by atoms with Crippen molar-refractivity contribution in [2.24, 2.45) is 5.73 Å². The minimum Gasteiger partial charge on any atom is -0.489 e. The van der Waals surface area contributed by atoms with Crippen LogP contribution in [-0.2, 0) is 5.92 Å². The van der Waals surface area contributed by atoms with E-state index in [0.29, 0.717) is 26.9 Å². The molecule has 3 heterocycles. The molecule has 3 N–H and O–H groups in total. The summed E-state index contributed by atoms with van der Waals surface area (Å²) in [7, 11) is 0. The number of hydrogen-bond donors (Lipinski definition) is 2. The molecule has 0 fully saturated rings. The fourth-order valence-electron chi connectivity index (χ4n) is 2.84. The maximum atomic E-state index is 14.5. The van der Waals surface area contributed by atoms with E-state index in [4.69, 9.17) is 27.2 Å². The fraction of sp³-hybridized carbons (Fsp3) is 0.250. The summed E-state index contributed by atoms with van der Waals surface area (Å²) in [5.41, 5.74) is 6.62. The molecule has 0 radical (unpaired) electrons. The van der Waals surface area contributed by atoms with Crippen molar-refractivity contribution in [2.75, 3.05) is 13.2 Å². The van der Waals surface area contributed by atoms with Gasteiger partial charge in [-0.05, 0) is 18.2 Å². The molecule has 0 bridgehead atoms. The summed E-state index contributed by atoms with van der Waals surface area (Å²) in [5.74, 6) is -3.75. The van der Waals surface area contributed by atoms with Crippen molar-refractivity contribution in [3.8, 4) is 27.0 Å². The summed E-state index contributed by atoms with van der Waals surface area (Å²) in [6.45, 7) is 0.446. The highest BCUT2D eigenvalue weighted by atomic mass is 35.5. The van der Waals surface area contributed by atoms with Gasteiger partial charge in [0.1, 0.15) is 23.0 Å². The first-order valence-corrected chi connectivity index (χ1v) is 10.5. The molecule has 0 aliphatic carbocycles. The lowest BCUT2D eigenvalue weighted by atomic mass is 10.2. The highest BCUT2D eigenvalue weighted by Gasteiger charge is 2.25. The number of benzene rings is 1. The third-order valence-corrected chi connectivity index (χ3v) is 5.83. The lowest BCUT2D eigenvalue weighted by Gasteiger charge is -2.12. The van der Waals surface area contributed by atoms with Gasteiger partial charge in [0.2, 0.25) is 0 Å². The zero-order valence-corrected chi connectivity index (χ0v) is 18.2. The molecule has 0 spiro atoms. The van der Waals surface area contributed by atoms with Crippen LogP contribution in [0.3, 0.4) is 0 Å². The second kappa shape index (κ2) is 8.66. The van der Waals surface area contributed by atoms with Gasteiger partial charge in [-0.25, -0.2) is 18.2 Å². The van der Waals surface area contributed by atoms with E-state index < -0.39 is 17.8 Å². The number of fused-ring (bicyclic) bond motifs is 1. The highest BCUT2D eigenvalue weighted by Crippen LogP contribution is 2.37. The van der Waals surface area contributed by atoms with Crippen molar-refractivity contribution in [3.63, 3.8) is 0 Å². The molecule has 0 aliphatic rings. The average molecular weight is 484 g/mol. The van der Waals surface area contributed by atoms with E-state index in [9.17, 15) is 13.2 Å². The Kier molecular flexibility index (Phi) is 6.08. The van der Waals surface area contributed by atoms with Crippen LogP contribution in [0.2, 0.25) is 5.02 Å². The first-order chi connectivity index (χ1) is 15.2. The lowest BCUT2D eigenvalue weighted by Crippen LogP contribution is -2.31. The minimum atomic E-state index is -2.98. The normalized spacial score (nSPS) is 13.0. The zero-order valence-electron chi connectivity index (χ0n) is 16.6. The number of aliphatic hydroxyl groups is 1. The minimum absolute atomic E-state index is 0.0778. The molecule has 3 aromatic heterocycles. The maximum Gasteiger partial charge on any atom is 0.271 e. The van der Waals surface area contributed by atoms with Gasteiger partial charge in [0.25, 0.3) is 5.92 Å². The van der Waals surface area contributed by atoms with Gasteiger partial charge < -0.3 is 20.0 Å². The Morgan fingerprint density at radius 3 is 2.72 bits per heavy atom. The first-order valence-electron chi connectivity index (χ1n) is 9.35. The van der Waals surface area contributed by atoms with E-state index >= 15 is 0 Å². The number of nitrogens with two attached hydrogens (primary N) is 1. The number of alkyl halides is 2. The van der Waals surface area contributed by atoms with E-state index in [1.165, 1.54) is 34.9 Å². The van der Waals surface area contributed by atoms with E-state index in [2.05, 4.69) is 15.2 Å². The van der Waals surface area contributed by atoms with E-state index in [0.717, 1.165) is 18.3 Å². The molecular weight excluding hydrogens is 467 g/mol. The van der Waals surface area contributed by atoms with Crippen LogP contribution in [0.5, 0.6) is 5.75 Å². The number of aliphatic hydroxyl groups excluding tert-OH is 1. The summed E-state index contributed by atoms with van der Waals surface area (Å²) in [4.78, 5) is 4.38. The predicted octanol–water partition coefficient (Wildman–Crippen LogP) is 4.12. The topological polar surface area (TPSA) is 98.6 Å². The van der Waals surface area contributed by atoms with Gasteiger partial charge >= 0.3 is 0 Å². The van der Waals surface area contributed by atoms with E-state index in [1.807, 2.05) is 0 Å². The molecule has 0 aliphatic heterocycles. The molecule has 1 aromatic carbocycles. The standard InChI is InChI=1S/C20H17ClF3N5O2S/c1-20(23,24)10-2-3-17-26-15(7-29(17)6-10)19-28-27-18(32-19)12-4-14(22)16(5-13(12)21)31-9-11(25)8-30/h2-7,11,30H,8-9,25H2,1H3/t11-/m0/s1. The quantitative estimate of drug-likeness (QED) is 0.410. The number of hydrogen-bond acceptors (Lipinski definition) is 7. The van der Waals surface area contributed by atoms with Crippen molar-refractivity contribution < 1.29 is 23.0 Å². The Morgan fingerprint density at radius 2 is 2.00 bits per heavy atom. The molecule has 0 amide bonds. The summed E-state index contributed by atoms with van der Waals surface area (Å²) >= 11 is 7.41. The summed E-state index contributed by atoms with van der Waals surface area (Å²) < 4.78 is 48.4. The van der Waals surface area contributed by atoms with Gasteiger partial charge in [-0.1, -0.05) is 22.9 Å². The summed E-state index contributed by atoms with van der Waals surface area (Å²) in [5, 5.41) is 18.0. The molecule has 168 valence electrons. The van der Waals surface area contributed by atoms with Crippen LogP contribution in [0.1, 0.15) is 12.5 Å². The number of ether oxygens (including phenoxy) is 1. The Hall–Kier alpha value is -2.73. The second-order valence-electron chi connectivity index (χ2n) is 7.13. The molecule has 7 nitrogen and oxygen atoms in total. The second-order valence-corrected chi connectivity index (χ2v) is 8.51. The number of aromatic nitrogens is 4. The van der Waals surface area contributed by atoms with Gasteiger partial charge in [-0.2, -0.15) is 0 Å². The maximum absolute atomic E-state index is 14.5. The van der Waals surface area contributed by atoms with E-state index in [1.54, 1.807) is 6.20 Å². The third-order valence-electron chi connectivity index (χ3n) is 4.54. The monoisotopic (exact) mass is 483 g/mol. The number of rotatable bonds is 7. The Bertz CT molecular complexity index is 1270. The van der Waals surface area contributed by atoms with Crippen molar-refractivity contribution in [1.29, 1.82) is 0 Å². The number of halogens is 4. The third kappa shape index (κ3) is 4.56. The number of imidazole rings is 1. The Balaban J connectivity index is 1.62. The molecule has 0 unspecified atom stereocenters. The predicted molar refractivity (Wildman–Crippen MR) is 115 cm³/mol. The van der Waals surface area contributed by atoms with Crippen molar-refractivity contribution >= 4 is 28.6 Å². The summed E-state index contributed by atoms with van der Waals surface area (Å²) in [6, 6.07) is 4.63. The van der Waals surface area contributed by atoms with Crippen molar-refractivity contribution in [1.82, 2.24) is 19.6 Å². The molecule has 4 aromatic rings. The first kappa shape index (κ1) is 22.5. The fourth-order valence-corrected chi connectivity index (χ4v) is 3.97. The van der Waals surface area contributed by atoms with Gasteiger partial charge in [0, 0.05) is 36.5 Å². The average Bonchev–Trinajstić information content (AvgIpc) is 3.39. The molecule has 1 atom stereocenters. The largest absolute Gasteiger partial charge is 0.489 e. The van der Waals surface area contributed by atoms with Gasteiger partial charge in [0.15, 0.2) is 16.6 Å².